The molecule has 0 radical (unpaired) electrons. The highest BCUT2D eigenvalue weighted by atomic mass is 32.2. The Balaban J connectivity index is 1.24. The number of hydrogen-bond acceptors (Lipinski definition) is 16. The number of thioether (sulfide) groups is 6. The van der Waals surface area contributed by atoms with Crippen molar-refractivity contribution in [2.75, 3.05) is 44.0 Å². The molecule has 554 valence electrons. The second-order valence-corrected chi connectivity index (χ2v) is 37.6. The minimum atomic E-state index is -4.34. The first-order chi connectivity index (χ1) is 50.6. The summed E-state index contributed by atoms with van der Waals surface area (Å²) >= 11 is 11.4. The summed E-state index contributed by atoms with van der Waals surface area (Å²) in [4.78, 5) is 48.3. The third-order valence-corrected chi connectivity index (χ3v) is 28.8. The number of hydrogen-bond donors (Lipinski definition) is 4. The maximum Gasteiger partial charge on any atom is 0.261 e. The molecular formula is C82H104N10O4S8. The molecular weight excluding hydrogens is 1450 g/mol. The molecule has 11 rings (SSSR count). The minimum absolute atomic E-state index is 0.00536. The number of anilines is 2. The van der Waals surface area contributed by atoms with Gasteiger partial charge in [-0.25, -0.2) is 46.7 Å². The molecule has 0 amide bonds. The number of benzene rings is 6. The maximum atomic E-state index is 14.8. The lowest BCUT2D eigenvalue weighted by atomic mass is 10.1. The molecule has 3 aromatic heterocycles. The Morgan fingerprint density at radius 3 is 0.769 bits per heavy atom. The van der Waals surface area contributed by atoms with Gasteiger partial charge in [0.1, 0.15) is 22.6 Å². The van der Waals surface area contributed by atoms with Gasteiger partial charge in [0.2, 0.25) is 0 Å². The lowest BCUT2D eigenvalue weighted by Crippen LogP contribution is -2.18. The average molecular weight is 1550 g/mol. The van der Waals surface area contributed by atoms with Gasteiger partial charge in [0.15, 0.2) is 23.3 Å². The summed E-state index contributed by atoms with van der Waals surface area (Å²) in [5, 5.41) is 3.41. The standard InChI is InChI=1S/C82H104N10O4S8/c1-9-15-21-27-41-97-69-49-61-63(51-71(69)99-43-29-23-17-11-3)79-86-77(61)84-75-59-47-67(91-103(93,94)57-37-33-55(7)34-38-57)68(92-104(95,96)58-39-35-56(8)36-40-58)48-60(59)76(83-75)85-78-62-50-70(98-42-28-22-16-10-2)72(100-44-30-24-18-12-4)52-64(62)80(87-78)89-82-66-54-74(102-46-32-26-20-14-6)73(101-45-31-25-19-13-5)53-65(66)81(88-79)90-82/h33-40,47-54,91-92H,9-32,41-46H2,1-8H3,(H2,83,84,85,86,87,88,89,90). The predicted octanol–water partition coefficient (Wildman–Crippen LogP) is 25.1. The molecule has 5 heterocycles. The number of aromatic amines is 2. The van der Waals surface area contributed by atoms with Crippen LogP contribution in [0.2, 0.25) is 0 Å². The highest BCUT2D eigenvalue weighted by Crippen LogP contribution is 2.47. The Hall–Kier alpha value is -5.72. The lowest BCUT2D eigenvalue weighted by Gasteiger charge is -2.17. The highest BCUT2D eigenvalue weighted by molar-refractivity contribution is 8.03. The number of nitrogens with one attached hydrogen (secondary N) is 4. The van der Waals surface area contributed by atoms with Gasteiger partial charge in [-0.3, -0.25) is 9.44 Å². The normalized spacial score (nSPS) is 12.2. The zero-order chi connectivity index (χ0) is 73.0. The third kappa shape index (κ3) is 20.5. The Labute approximate surface area is 643 Å². The summed E-state index contributed by atoms with van der Waals surface area (Å²) < 4.78 is 64.7. The molecule has 0 saturated carbocycles. The fourth-order valence-electron chi connectivity index (χ4n) is 12.8. The predicted molar refractivity (Wildman–Crippen MR) is 449 cm³/mol. The monoisotopic (exact) mass is 1550 g/mol. The number of aryl methyl sites for hydroxylation is 2. The number of fused-ring (bicyclic) bond motifs is 20. The first-order valence-corrected chi connectivity index (χ1v) is 47.0. The van der Waals surface area contributed by atoms with Crippen LogP contribution in [0.5, 0.6) is 0 Å². The van der Waals surface area contributed by atoms with E-state index in [0.29, 0.717) is 45.4 Å². The molecule has 14 nitrogen and oxygen atoms in total. The van der Waals surface area contributed by atoms with Crippen LogP contribution >= 0.6 is 70.6 Å². The number of nitrogens with zero attached hydrogens (tertiary/aromatic N) is 6. The summed E-state index contributed by atoms with van der Waals surface area (Å²) in [5.74, 6) is 7.45. The van der Waals surface area contributed by atoms with Gasteiger partial charge in [0, 0.05) is 73.2 Å². The molecule has 6 aromatic carbocycles. The van der Waals surface area contributed by atoms with Crippen molar-refractivity contribution >= 4 is 146 Å². The van der Waals surface area contributed by atoms with Gasteiger partial charge in [-0.15, -0.1) is 70.6 Å². The van der Waals surface area contributed by atoms with Crippen molar-refractivity contribution in [2.24, 2.45) is 0 Å². The molecule has 0 aliphatic carbocycles. The zero-order valence-corrected chi connectivity index (χ0v) is 68.6. The van der Waals surface area contributed by atoms with Gasteiger partial charge in [0.25, 0.3) is 20.0 Å². The van der Waals surface area contributed by atoms with Gasteiger partial charge in [-0.05, 0) is 160 Å². The van der Waals surface area contributed by atoms with E-state index in [2.05, 4.69) is 97.4 Å². The van der Waals surface area contributed by atoms with E-state index in [0.717, 1.165) is 155 Å². The van der Waals surface area contributed by atoms with Crippen LogP contribution in [0.15, 0.2) is 136 Å². The van der Waals surface area contributed by atoms with Crippen LogP contribution in [-0.2, 0) is 20.0 Å². The zero-order valence-electron chi connectivity index (χ0n) is 62.0. The molecule has 8 bridgehead atoms. The Morgan fingerprint density at radius 1 is 0.298 bits per heavy atom. The fourth-order valence-corrected chi connectivity index (χ4v) is 21.8. The smallest absolute Gasteiger partial charge is 0.261 e. The van der Waals surface area contributed by atoms with Crippen LogP contribution in [0.25, 0.3) is 89.7 Å². The van der Waals surface area contributed by atoms with Crippen LogP contribution in [0, 0.1) is 13.8 Å². The number of rotatable bonds is 42. The molecule has 0 atom stereocenters. The van der Waals surface area contributed by atoms with Crippen molar-refractivity contribution in [2.45, 2.75) is 249 Å². The Kier molecular flexibility index (Phi) is 29.7. The highest BCUT2D eigenvalue weighted by Gasteiger charge is 2.30. The van der Waals surface area contributed by atoms with Crippen LogP contribution in [0.3, 0.4) is 0 Å². The van der Waals surface area contributed by atoms with Crippen molar-refractivity contribution in [1.29, 1.82) is 0 Å². The minimum Gasteiger partial charge on any atom is -0.324 e. The lowest BCUT2D eigenvalue weighted by molar-refractivity contribution is 0.599. The molecule has 0 saturated heterocycles. The van der Waals surface area contributed by atoms with Crippen molar-refractivity contribution in [1.82, 2.24) is 39.9 Å². The largest absolute Gasteiger partial charge is 0.324 e. The summed E-state index contributed by atoms with van der Waals surface area (Å²) in [6.07, 6.45) is 27.9. The SMILES string of the molecule is CCCCCCSc1cc2c(cc1SCCCCCC)-c1nc-2nc2[nH]c(nc3nc(nc4[nH]c(n1)c1cc(SCCCCCC)c(SCCCCCC)cc41)-c1cc(NS(=O)(=O)c4ccc(C)cc4)c(NS(=O)(=O)c4ccc(C)cc4)cc1-3)c1cc(SCCCCCC)c(SCCCCCC)cc21. The molecule has 104 heavy (non-hydrogen) atoms. The van der Waals surface area contributed by atoms with E-state index in [1.165, 1.54) is 106 Å². The van der Waals surface area contributed by atoms with Crippen LogP contribution in [0.1, 0.15) is 207 Å². The molecule has 0 unspecified atom stereocenters. The number of H-pyrrole nitrogens is 2. The van der Waals surface area contributed by atoms with Gasteiger partial charge in [-0.2, -0.15) is 0 Å². The number of sulfonamides is 2. The topological polar surface area (TPSA) is 201 Å². The van der Waals surface area contributed by atoms with Gasteiger partial charge < -0.3 is 9.97 Å². The quantitative estimate of drug-likeness (QED) is 0.0208. The van der Waals surface area contributed by atoms with Crippen molar-refractivity contribution in [3.05, 3.63) is 108 Å². The Morgan fingerprint density at radius 2 is 0.529 bits per heavy atom. The molecule has 4 N–H and O–H groups in total. The van der Waals surface area contributed by atoms with E-state index in [1.807, 2.05) is 84.4 Å². The summed E-state index contributed by atoms with van der Waals surface area (Å²) in [7, 11) is -8.68. The third-order valence-electron chi connectivity index (χ3n) is 18.8. The van der Waals surface area contributed by atoms with E-state index in [4.69, 9.17) is 29.9 Å². The average Bonchev–Trinajstić information content (AvgIpc) is 1.58. The van der Waals surface area contributed by atoms with E-state index >= 15 is 0 Å². The van der Waals surface area contributed by atoms with Gasteiger partial charge in [0.05, 0.1) is 21.2 Å². The van der Waals surface area contributed by atoms with Crippen LogP contribution in [-0.4, -0.2) is 91.2 Å². The van der Waals surface area contributed by atoms with E-state index < -0.39 is 20.0 Å². The second kappa shape index (κ2) is 38.9. The van der Waals surface area contributed by atoms with E-state index in [-0.39, 0.29) is 32.8 Å². The molecule has 22 heteroatoms. The summed E-state index contributed by atoms with van der Waals surface area (Å²) in [5.41, 5.74) is 6.55. The van der Waals surface area contributed by atoms with E-state index in [9.17, 15) is 16.8 Å². The first kappa shape index (κ1) is 79.3. The molecule has 0 spiro atoms. The first-order valence-electron chi connectivity index (χ1n) is 38.1. The maximum absolute atomic E-state index is 14.8. The molecule has 9 aromatic rings. The number of aromatic nitrogens is 8. The van der Waals surface area contributed by atoms with Gasteiger partial charge in [-0.1, -0.05) is 193 Å². The molecule has 0 fully saturated rings. The van der Waals surface area contributed by atoms with Crippen molar-refractivity contribution in [3.63, 3.8) is 0 Å². The van der Waals surface area contributed by atoms with Crippen molar-refractivity contribution < 1.29 is 16.8 Å². The summed E-state index contributed by atoms with van der Waals surface area (Å²) in [6.45, 7) is 17.3. The number of unbranched alkanes of at least 4 members (excludes halogenated alkanes) is 18. The van der Waals surface area contributed by atoms with E-state index in [1.54, 1.807) is 60.7 Å². The summed E-state index contributed by atoms with van der Waals surface area (Å²) in [6, 6.07) is 30.2. The van der Waals surface area contributed by atoms with Gasteiger partial charge >= 0.3 is 0 Å². The second-order valence-electron chi connectivity index (χ2n) is 27.4. The molecule has 2 aliphatic heterocycles. The van der Waals surface area contributed by atoms with Crippen LogP contribution < -0.4 is 9.44 Å². The Bertz CT molecular complexity index is 4520. The fraction of sp³-hybridized carbons (Fsp3) is 0.463. The molecule has 2 aliphatic rings. The van der Waals surface area contributed by atoms with Crippen molar-refractivity contribution in [3.8, 4) is 45.6 Å². The van der Waals surface area contributed by atoms with Crippen LogP contribution in [0.4, 0.5) is 11.4 Å².